The first kappa shape index (κ1) is 17.1. The molecule has 0 atom stereocenters. The molecule has 3 aliphatic carbocycles. The van der Waals surface area contributed by atoms with Crippen LogP contribution in [0.2, 0.25) is 0 Å². The van der Waals surface area contributed by atoms with E-state index in [-0.39, 0.29) is 8.37 Å². The van der Waals surface area contributed by atoms with Crippen LogP contribution >= 0.6 is 8.37 Å². The Hall–Kier alpha value is 0.310. The van der Waals surface area contributed by atoms with Crippen molar-refractivity contribution >= 4 is 8.37 Å². The monoisotopic (exact) mass is 325 g/mol. The van der Waals surface area contributed by atoms with Gasteiger partial charge in [0.2, 0.25) is 0 Å². The predicted molar refractivity (Wildman–Crippen MR) is 96.9 cm³/mol. The maximum absolute atomic E-state index is 3.99. The van der Waals surface area contributed by atoms with Crippen molar-refractivity contribution in [3.8, 4) is 0 Å². The summed E-state index contributed by atoms with van der Waals surface area (Å²) in [6.07, 6.45) is 21.2. The molecule has 3 rings (SSSR count). The van der Waals surface area contributed by atoms with E-state index in [2.05, 4.69) is 15.3 Å². The molecule has 3 fully saturated rings. The van der Waals surface area contributed by atoms with Gasteiger partial charge < -0.3 is 0 Å². The van der Waals surface area contributed by atoms with Gasteiger partial charge in [0.15, 0.2) is 0 Å². The van der Waals surface area contributed by atoms with Gasteiger partial charge in [-0.25, -0.2) is 0 Å². The molecule has 0 saturated heterocycles. The molecule has 0 aromatic rings. The third-order valence-corrected chi connectivity index (χ3v) is 7.62. The maximum atomic E-state index is 3.99. The van der Waals surface area contributed by atoms with Crippen LogP contribution in [0.25, 0.3) is 0 Å². The SMILES string of the molecule is C1CCC(NP(NC2CCCCC2)NC2CCCCC2)CC1. The van der Waals surface area contributed by atoms with Gasteiger partial charge in [-0.15, -0.1) is 0 Å². The summed E-state index contributed by atoms with van der Waals surface area (Å²) in [5, 5.41) is 12.0. The summed E-state index contributed by atoms with van der Waals surface area (Å²) in [7, 11) is -0.379. The zero-order valence-electron chi connectivity index (χ0n) is 14.3. The van der Waals surface area contributed by atoms with Gasteiger partial charge in [-0.2, -0.15) is 0 Å². The van der Waals surface area contributed by atoms with Crippen LogP contribution in [0.4, 0.5) is 0 Å². The van der Waals surface area contributed by atoms with Crippen LogP contribution in [0.5, 0.6) is 0 Å². The fourth-order valence-corrected chi connectivity index (χ4v) is 6.45. The van der Waals surface area contributed by atoms with Crippen LogP contribution in [0, 0.1) is 0 Å². The summed E-state index contributed by atoms with van der Waals surface area (Å²) >= 11 is 0. The van der Waals surface area contributed by atoms with Gasteiger partial charge in [0, 0.05) is 18.1 Å². The van der Waals surface area contributed by atoms with Crippen molar-refractivity contribution in [2.45, 2.75) is 114 Å². The van der Waals surface area contributed by atoms with Crippen molar-refractivity contribution in [1.82, 2.24) is 15.3 Å². The molecule has 0 heterocycles. The Morgan fingerprint density at radius 1 is 0.409 bits per heavy atom. The van der Waals surface area contributed by atoms with Gasteiger partial charge in [-0.05, 0) is 38.5 Å². The first-order chi connectivity index (χ1) is 10.9. The molecule has 3 aliphatic rings. The van der Waals surface area contributed by atoms with Crippen LogP contribution in [0.1, 0.15) is 96.3 Å². The molecule has 0 radical (unpaired) electrons. The second-order valence-electron chi connectivity index (χ2n) is 7.73. The summed E-state index contributed by atoms with van der Waals surface area (Å²) < 4.78 is 0. The number of nitrogens with one attached hydrogen (secondary N) is 3. The molecule has 128 valence electrons. The summed E-state index contributed by atoms with van der Waals surface area (Å²) in [6, 6.07) is 2.27. The molecule has 4 heteroatoms. The smallest absolute Gasteiger partial charge is 0.112 e. The predicted octanol–water partition coefficient (Wildman–Crippen LogP) is 4.98. The minimum absolute atomic E-state index is 0.379. The molecule has 3 N–H and O–H groups in total. The van der Waals surface area contributed by atoms with Gasteiger partial charge in [0.05, 0.1) is 0 Å². The summed E-state index contributed by atoms with van der Waals surface area (Å²) in [4.78, 5) is 0. The Morgan fingerprint density at radius 2 is 0.682 bits per heavy atom. The molecular formula is C18H36N3P. The molecule has 0 amide bonds. The van der Waals surface area contributed by atoms with E-state index in [0.29, 0.717) is 0 Å². The average molecular weight is 325 g/mol. The van der Waals surface area contributed by atoms with E-state index in [1.807, 2.05) is 0 Å². The highest BCUT2D eigenvalue weighted by atomic mass is 31.1. The lowest BCUT2D eigenvalue weighted by Crippen LogP contribution is -2.43. The van der Waals surface area contributed by atoms with Gasteiger partial charge >= 0.3 is 0 Å². The zero-order chi connectivity index (χ0) is 15.0. The third kappa shape index (κ3) is 5.74. The molecule has 0 spiro atoms. The Balaban J connectivity index is 1.50. The van der Waals surface area contributed by atoms with Crippen molar-refractivity contribution in [3.05, 3.63) is 0 Å². The second kappa shape index (κ2) is 9.57. The van der Waals surface area contributed by atoms with Crippen molar-refractivity contribution in [3.63, 3.8) is 0 Å². The lowest BCUT2D eigenvalue weighted by Gasteiger charge is -2.36. The third-order valence-electron chi connectivity index (χ3n) is 5.75. The Morgan fingerprint density at radius 3 is 0.955 bits per heavy atom. The van der Waals surface area contributed by atoms with Gasteiger partial charge in [0.25, 0.3) is 0 Å². The second-order valence-corrected chi connectivity index (χ2v) is 9.17. The first-order valence-corrected chi connectivity index (χ1v) is 11.3. The quantitative estimate of drug-likeness (QED) is 0.603. The molecule has 0 unspecified atom stereocenters. The average Bonchev–Trinajstić information content (AvgIpc) is 2.57. The largest absolute Gasteiger partial charge is 0.268 e. The molecule has 0 aliphatic heterocycles. The molecule has 0 aromatic carbocycles. The van der Waals surface area contributed by atoms with E-state index < -0.39 is 0 Å². The highest BCUT2D eigenvalue weighted by molar-refractivity contribution is 7.51. The van der Waals surface area contributed by atoms with Crippen molar-refractivity contribution in [2.75, 3.05) is 0 Å². The van der Waals surface area contributed by atoms with Crippen LogP contribution < -0.4 is 15.3 Å². The lowest BCUT2D eigenvalue weighted by atomic mass is 9.96. The molecule has 0 aromatic heterocycles. The Kier molecular flexibility index (Phi) is 7.46. The number of rotatable bonds is 6. The van der Waals surface area contributed by atoms with Crippen LogP contribution in [-0.4, -0.2) is 18.1 Å². The van der Waals surface area contributed by atoms with E-state index in [1.54, 1.807) is 0 Å². The zero-order valence-corrected chi connectivity index (χ0v) is 15.2. The topological polar surface area (TPSA) is 36.1 Å². The minimum atomic E-state index is -0.379. The van der Waals surface area contributed by atoms with E-state index in [4.69, 9.17) is 0 Å². The van der Waals surface area contributed by atoms with Crippen LogP contribution in [-0.2, 0) is 0 Å². The summed E-state index contributed by atoms with van der Waals surface area (Å²) in [6.45, 7) is 0. The fraction of sp³-hybridized carbons (Fsp3) is 1.00. The molecule has 0 bridgehead atoms. The summed E-state index contributed by atoms with van der Waals surface area (Å²) in [5.74, 6) is 0. The van der Waals surface area contributed by atoms with Crippen molar-refractivity contribution in [1.29, 1.82) is 0 Å². The van der Waals surface area contributed by atoms with E-state index >= 15 is 0 Å². The fourth-order valence-electron chi connectivity index (χ4n) is 4.35. The minimum Gasteiger partial charge on any atom is -0.268 e. The summed E-state index contributed by atoms with van der Waals surface area (Å²) in [5.41, 5.74) is 0. The molecule has 3 saturated carbocycles. The van der Waals surface area contributed by atoms with E-state index in [0.717, 1.165) is 18.1 Å². The van der Waals surface area contributed by atoms with Crippen LogP contribution in [0.15, 0.2) is 0 Å². The van der Waals surface area contributed by atoms with Gasteiger partial charge in [-0.3, -0.25) is 15.3 Å². The normalized spacial score (nSPS) is 26.6. The maximum Gasteiger partial charge on any atom is 0.112 e. The molecule has 22 heavy (non-hydrogen) atoms. The standard InChI is InChI=1S/C18H36N3P/c1-4-10-16(11-5-1)19-22(20-17-12-6-2-7-13-17)21-18-14-8-3-9-15-18/h16-21H,1-15H2. The van der Waals surface area contributed by atoms with E-state index in [1.165, 1.54) is 96.3 Å². The lowest BCUT2D eigenvalue weighted by molar-refractivity contribution is 0.390. The first-order valence-electron chi connectivity index (χ1n) is 9.99. The van der Waals surface area contributed by atoms with Gasteiger partial charge in [0.1, 0.15) is 8.37 Å². The van der Waals surface area contributed by atoms with Gasteiger partial charge in [-0.1, -0.05) is 57.8 Å². The number of hydrogen-bond acceptors (Lipinski definition) is 3. The molecule has 3 nitrogen and oxygen atoms in total. The Labute approximate surface area is 138 Å². The van der Waals surface area contributed by atoms with E-state index in [9.17, 15) is 0 Å². The highest BCUT2D eigenvalue weighted by Gasteiger charge is 2.24. The van der Waals surface area contributed by atoms with Crippen molar-refractivity contribution in [2.24, 2.45) is 0 Å². The Bertz CT molecular complexity index is 247. The van der Waals surface area contributed by atoms with Crippen LogP contribution in [0.3, 0.4) is 0 Å². The van der Waals surface area contributed by atoms with Crippen molar-refractivity contribution < 1.29 is 0 Å². The number of hydrogen-bond donors (Lipinski definition) is 3. The molecular weight excluding hydrogens is 289 g/mol. The highest BCUT2D eigenvalue weighted by Crippen LogP contribution is 2.33.